The number of hydrogen-bond acceptors (Lipinski definition) is 1. The van der Waals surface area contributed by atoms with E-state index in [0.29, 0.717) is 23.4 Å². The molecule has 1 unspecified atom stereocenters. The van der Waals surface area contributed by atoms with Gasteiger partial charge in [-0.1, -0.05) is 33.6 Å². The van der Waals surface area contributed by atoms with Crippen LogP contribution in [0.1, 0.15) is 91.4 Å². The molecule has 0 aromatic rings. The first-order valence-electron chi connectivity index (χ1n) is 11.1. The molecule has 1 heteroatoms. The maximum absolute atomic E-state index is 9.43. The molecule has 4 saturated carbocycles. The molecule has 0 aromatic heterocycles. The van der Waals surface area contributed by atoms with E-state index < -0.39 is 0 Å². The van der Waals surface area contributed by atoms with Gasteiger partial charge in [0.25, 0.3) is 0 Å². The Kier molecular flexibility index (Phi) is 4.55. The lowest BCUT2D eigenvalue weighted by Gasteiger charge is -2.61. The molecular weight excluding hydrogens is 292 g/mol. The summed E-state index contributed by atoms with van der Waals surface area (Å²) >= 11 is 0. The molecule has 0 radical (unpaired) electrons. The van der Waals surface area contributed by atoms with E-state index in [9.17, 15) is 5.11 Å². The quantitative estimate of drug-likeness (QED) is 0.666. The molecule has 4 rings (SSSR count). The van der Waals surface area contributed by atoms with Crippen LogP contribution in [0.15, 0.2) is 0 Å². The van der Waals surface area contributed by atoms with Crippen LogP contribution >= 0.6 is 0 Å². The van der Waals surface area contributed by atoms with E-state index in [1.807, 2.05) is 0 Å². The van der Waals surface area contributed by atoms with Crippen LogP contribution < -0.4 is 0 Å². The summed E-state index contributed by atoms with van der Waals surface area (Å²) in [7, 11) is 0. The third-order valence-electron chi connectivity index (χ3n) is 9.93. The lowest BCUT2D eigenvalue weighted by Crippen LogP contribution is -2.53. The number of rotatable bonds is 3. The van der Waals surface area contributed by atoms with Gasteiger partial charge in [-0.3, -0.25) is 0 Å². The second-order valence-corrected chi connectivity index (χ2v) is 10.6. The van der Waals surface area contributed by atoms with Crippen molar-refractivity contribution >= 4 is 0 Å². The van der Waals surface area contributed by atoms with Crippen molar-refractivity contribution < 1.29 is 5.11 Å². The average molecular weight is 333 g/mol. The van der Waals surface area contributed by atoms with Gasteiger partial charge in [-0.15, -0.1) is 0 Å². The molecule has 0 aliphatic heterocycles. The van der Waals surface area contributed by atoms with Gasteiger partial charge >= 0.3 is 0 Å². The molecule has 8 atom stereocenters. The second-order valence-electron chi connectivity index (χ2n) is 10.6. The van der Waals surface area contributed by atoms with Gasteiger partial charge in [-0.25, -0.2) is 0 Å². The molecule has 138 valence electrons. The third-order valence-corrected chi connectivity index (χ3v) is 9.93. The molecule has 4 fully saturated rings. The summed E-state index contributed by atoms with van der Waals surface area (Å²) in [6, 6.07) is 0. The number of fused-ring (bicyclic) bond motifs is 5. The van der Waals surface area contributed by atoms with Crippen LogP contribution in [-0.2, 0) is 0 Å². The predicted octanol–water partition coefficient (Wildman–Crippen LogP) is 6.05. The van der Waals surface area contributed by atoms with E-state index in [-0.39, 0.29) is 0 Å². The highest BCUT2D eigenvalue weighted by Crippen LogP contribution is 2.68. The van der Waals surface area contributed by atoms with E-state index in [4.69, 9.17) is 0 Å². The summed E-state index contributed by atoms with van der Waals surface area (Å²) in [5.41, 5.74) is 1.25. The molecule has 0 bridgehead atoms. The van der Waals surface area contributed by atoms with Crippen LogP contribution in [0.2, 0.25) is 0 Å². The molecule has 24 heavy (non-hydrogen) atoms. The zero-order valence-electron chi connectivity index (χ0n) is 16.4. The monoisotopic (exact) mass is 332 g/mol. The van der Waals surface area contributed by atoms with Crippen molar-refractivity contribution in [2.45, 2.75) is 91.4 Å². The summed E-state index contributed by atoms with van der Waals surface area (Å²) in [6.07, 6.45) is 16.0. The van der Waals surface area contributed by atoms with E-state index >= 15 is 0 Å². The number of aliphatic hydroxyl groups is 1. The van der Waals surface area contributed by atoms with Gasteiger partial charge in [-0.05, 0) is 104 Å². The first-order chi connectivity index (χ1) is 11.5. The maximum Gasteiger partial charge on any atom is 0.0433 e. The van der Waals surface area contributed by atoms with Crippen molar-refractivity contribution in [3.8, 4) is 0 Å². The van der Waals surface area contributed by atoms with Crippen LogP contribution in [0.5, 0.6) is 0 Å². The number of hydrogen-bond donors (Lipinski definition) is 1. The van der Waals surface area contributed by atoms with E-state index in [1.54, 1.807) is 0 Å². The van der Waals surface area contributed by atoms with Crippen LogP contribution in [0, 0.1) is 46.3 Å². The Labute approximate surface area is 150 Å². The predicted molar refractivity (Wildman–Crippen MR) is 101 cm³/mol. The molecule has 0 aromatic carbocycles. The Morgan fingerprint density at radius 3 is 2.46 bits per heavy atom. The smallest absolute Gasteiger partial charge is 0.0433 e. The van der Waals surface area contributed by atoms with Crippen LogP contribution in [0.3, 0.4) is 0 Å². The average Bonchev–Trinajstić information content (AvgIpc) is 2.92. The highest BCUT2D eigenvalue weighted by molar-refractivity contribution is 5.09. The summed E-state index contributed by atoms with van der Waals surface area (Å²) in [5.74, 6) is 5.66. The van der Waals surface area contributed by atoms with Crippen LogP contribution in [0.25, 0.3) is 0 Å². The fraction of sp³-hybridized carbons (Fsp3) is 1.00. The lowest BCUT2D eigenvalue weighted by molar-refractivity contribution is -0.114. The molecule has 0 saturated heterocycles. The lowest BCUT2D eigenvalue weighted by atomic mass is 9.44. The highest BCUT2D eigenvalue weighted by Gasteiger charge is 2.59. The minimum absolute atomic E-state index is 0.379. The topological polar surface area (TPSA) is 20.2 Å². The minimum atomic E-state index is 0.379. The van der Waals surface area contributed by atoms with Crippen molar-refractivity contribution in [3.63, 3.8) is 0 Å². The van der Waals surface area contributed by atoms with E-state index in [1.165, 1.54) is 64.2 Å². The van der Waals surface area contributed by atoms with Crippen molar-refractivity contribution in [2.75, 3.05) is 6.61 Å². The standard InChI is InChI=1S/C23H40O/c1-16(12-15-24)19-9-10-20-18-8-7-17-6-4-5-13-22(17,2)21(18)11-14-23(19,20)3/h16-21,24H,4-15H2,1-3H3/t16-,17?,18+,19-,20+,21+,22+,23-/m1/s1. The third kappa shape index (κ3) is 2.43. The summed E-state index contributed by atoms with van der Waals surface area (Å²) in [5, 5.41) is 9.43. The van der Waals surface area contributed by atoms with Crippen molar-refractivity contribution in [1.29, 1.82) is 0 Å². The van der Waals surface area contributed by atoms with Gasteiger partial charge in [0, 0.05) is 6.61 Å². The Balaban J connectivity index is 1.57. The Hall–Kier alpha value is -0.0400. The molecule has 0 amide bonds. The fourth-order valence-electron chi connectivity index (χ4n) is 8.68. The zero-order valence-corrected chi connectivity index (χ0v) is 16.4. The second kappa shape index (κ2) is 6.29. The molecule has 1 N–H and O–H groups in total. The molecule has 1 nitrogen and oxygen atoms in total. The van der Waals surface area contributed by atoms with E-state index in [0.717, 1.165) is 36.0 Å². The summed E-state index contributed by atoms with van der Waals surface area (Å²) in [6.45, 7) is 8.13. The van der Waals surface area contributed by atoms with Gasteiger partial charge in [0.05, 0.1) is 0 Å². The molecule has 0 heterocycles. The van der Waals surface area contributed by atoms with Gasteiger partial charge in [0.15, 0.2) is 0 Å². The molecule has 4 aliphatic carbocycles. The van der Waals surface area contributed by atoms with Crippen LogP contribution in [-0.4, -0.2) is 11.7 Å². The van der Waals surface area contributed by atoms with Crippen LogP contribution in [0.4, 0.5) is 0 Å². The fourth-order valence-corrected chi connectivity index (χ4v) is 8.68. The molecule has 0 spiro atoms. The Bertz CT molecular complexity index is 459. The molecular formula is C23H40O. The zero-order chi connectivity index (χ0) is 16.9. The van der Waals surface area contributed by atoms with Gasteiger partial charge in [0.1, 0.15) is 0 Å². The Morgan fingerprint density at radius 2 is 1.67 bits per heavy atom. The molecule has 4 aliphatic rings. The SMILES string of the molecule is C[C@H](CCO)[C@H]1CC[C@H]2[C@@H]3CCC4CCCC[C@]4(C)[C@H]3CC[C@]12C. The van der Waals surface area contributed by atoms with Gasteiger partial charge < -0.3 is 5.11 Å². The first kappa shape index (κ1) is 17.4. The Morgan fingerprint density at radius 1 is 0.875 bits per heavy atom. The van der Waals surface area contributed by atoms with Crippen molar-refractivity contribution in [1.82, 2.24) is 0 Å². The summed E-state index contributed by atoms with van der Waals surface area (Å²) in [4.78, 5) is 0. The first-order valence-corrected chi connectivity index (χ1v) is 11.1. The van der Waals surface area contributed by atoms with E-state index in [2.05, 4.69) is 20.8 Å². The van der Waals surface area contributed by atoms with Crippen molar-refractivity contribution in [2.24, 2.45) is 46.3 Å². The normalized spacial score (nSPS) is 52.2. The highest BCUT2D eigenvalue weighted by atomic mass is 16.3. The van der Waals surface area contributed by atoms with Gasteiger partial charge in [0.2, 0.25) is 0 Å². The van der Waals surface area contributed by atoms with Gasteiger partial charge in [-0.2, -0.15) is 0 Å². The minimum Gasteiger partial charge on any atom is -0.396 e. The van der Waals surface area contributed by atoms with Crippen molar-refractivity contribution in [3.05, 3.63) is 0 Å². The number of aliphatic hydroxyl groups excluding tert-OH is 1. The largest absolute Gasteiger partial charge is 0.396 e. The summed E-state index contributed by atoms with van der Waals surface area (Å²) < 4.78 is 0. The maximum atomic E-state index is 9.43.